The molecule has 2 fully saturated rings. The Balaban J connectivity index is 1.53. The van der Waals surface area contributed by atoms with Crippen LogP contribution in [0.2, 0.25) is 0 Å². The van der Waals surface area contributed by atoms with Crippen LogP contribution in [0.25, 0.3) is 0 Å². The van der Waals surface area contributed by atoms with Crippen molar-refractivity contribution in [1.29, 1.82) is 0 Å². The van der Waals surface area contributed by atoms with Gasteiger partial charge in [0, 0.05) is 18.5 Å². The normalized spacial score (nSPS) is 25.7. The average Bonchev–Trinajstić information content (AvgIpc) is 3.13. The predicted octanol–water partition coefficient (Wildman–Crippen LogP) is 2.39. The molecule has 5 nitrogen and oxygen atoms in total. The molecule has 1 saturated carbocycles. The number of aliphatic hydroxyl groups is 1. The first-order valence-corrected chi connectivity index (χ1v) is 7.69. The monoisotopic (exact) mass is 303 g/mol. The summed E-state index contributed by atoms with van der Waals surface area (Å²) in [5, 5.41) is 14.0. The number of aromatic nitrogens is 2. The smallest absolute Gasteiger partial charge is 0.240 e. The zero-order chi connectivity index (χ0) is 15.1. The summed E-state index contributed by atoms with van der Waals surface area (Å²) in [5.74, 6) is 1.56. The quantitative estimate of drug-likeness (QED) is 0.939. The van der Waals surface area contributed by atoms with Crippen molar-refractivity contribution in [2.24, 2.45) is 0 Å². The van der Waals surface area contributed by atoms with E-state index in [4.69, 9.17) is 4.52 Å². The molecule has 1 aliphatic heterocycles. The number of benzene rings is 1. The van der Waals surface area contributed by atoms with E-state index in [-0.39, 0.29) is 11.9 Å². The third kappa shape index (κ3) is 2.76. The molecule has 2 aliphatic rings. The van der Waals surface area contributed by atoms with Crippen molar-refractivity contribution in [2.75, 3.05) is 6.54 Å². The average molecular weight is 303 g/mol. The van der Waals surface area contributed by atoms with Crippen LogP contribution in [0.5, 0.6) is 0 Å². The summed E-state index contributed by atoms with van der Waals surface area (Å²) in [4.78, 5) is 6.50. The lowest BCUT2D eigenvalue weighted by Crippen LogP contribution is -2.24. The van der Waals surface area contributed by atoms with Crippen LogP contribution in [-0.4, -0.2) is 32.8 Å². The highest BCUT2D eigenvalue weighted by Crippen LogP contribution is 2.38. The SMILES string of the molecule is O[C@H]1C[C@H](c2cccc(F)c2)N(Cc2nc(C3CC3)no2)C1. The number of hydrogen-bond acceptors (Lipinski definition) is 5. The number of β-amino-alcohol motifs (C(OH)–C–C–N with tert-alkyl or cyclic N) is 1. The van der Waals surface area contributed by atoms with E-state index in [9.17, 15) is 9.50 Å². The highest BCUT2D eigenvalue weighted by molar-refractivity contribution is 5.22. The summed E-state index contributed by atoms with van der Waals surface area (Å²) >= 11 is 0. The second kappa shape index (κ2) is 5.44. The molecule has 2 atom stereocenters. The van der Waals surface area contributed by atoms with Gasteiger partial charge in [0.05, 0.1) is 12.6 Å². The number of halogens is 1. The number of aliphatic hydroxyl groups excluding tert-OH is 1. The third-order valence-corrected chi connectivity index (χ3v) is 4.38. The van der Waals surface area contributed by atoms with Crippen molar-refractivity contribution in [3.05, 3.63) is 47.4 Å². The van der Waals surface area contributed by atoms with Gasteiger partial charge < -0.3 is 9.63 Å². The summed E-state index contributed by atoms with van der Waals surface area (Å²) in [6, 6.07) is 6.52. The van der Waals surface area contributed by atoms with Gasteiger partial charge in [0.2, 0.25) is 5.89 Å². The van der Waals surface area contributed by atoms with Gasteiger partial charge in [0.15, 0.2) is 5.82 Å². The zero-order valence-corrected chi connectivity index (χ0v) is 12.2. The Morgan fingerprint density at radius 3 is 3.00 bits per heavy atom. The number of likely N-dealkylation sites (tertiary alicyclic amines) is 1. The molecular formula is C16H18FN3O2. The molecule has 0 bridgehead atoms. The van der Waals surface area contributed by atoms with Gasteiger partial charge in [-0.15, -0.1) is 0 Å². The number of hydrogen-bond donors (Lipinski definition) is 1. The standard InChI is InChI=1S/C16H18FN3O2/c17-12-3-1-2-11(6-12)14-7-13(21)8-20(14)9-15-18-16(19-22-15)10-4-5-10/h1-3,6,10,13-14,21H,4-5,7-9H2/t13-,14+/m0/s1. The maximum Gasteiger partial charge on any atom is 0.240 e. The van der Waals surface area contributed by atoms with E-state index < -0.39 is 6.10 Å². The van der Waals surface area contributed by atoms with E-state index in [1.165, 1.54) is 12.1 Å². The van der Waals surface area contributed by atoms with Gasteiger partial charge in [0.25, 0.3) is 0 Å². The number of nitrogens with zero attached hydrogens (tertiary/aromatic N) is 3. The van der Waals surface area contributed by atoms with Crippen molar-refractivity contribution in [2.45, 2.75) is 43.9 Å². The van der Waals surface area contributed by atoms with E-state index >= 15 is 0 Å². The van der Waals surface area contributed by atoms with Crippen molar-refractivity contribution in [3.63, 3.8) is 0 Å². The maximum absolute atomic E-state index is 13.4. The van der Waals surface area contributed by atoms with Crippen LogP contribution in [0.4, 0.5) is 4.39 Å². The first-order valence-electron chi connectivity index (χ1n) is 7.69. The first-order chi connectivity index (χ1) is 10.7. The fourth-order valence-electron chi connectivity index (χ4n) is 3.13. The van der Waals surface area contributed by atoms with Crippen molar-refractivity contribution in [1.82, 2.24) is 15.0 Å². The molecule has 0 amide bonds. The molecule has 1 aromatic carbocycles. The Bertz CT molecular complexity index is 671. The third-order valence-electron chi connectivity index (χ3n) is 4.38. The predicted molar refractivity (Wildman–Crippen MR) is 76.4 cm³/mol. The minimum absolute atomic E-state index is 0.0259. The molecule has 2 aromatic rings. The van der Waals surface area contributed by atoms with Crippen LogP contribution in [0, 0.1) is 5.82 Å². The molecule has 2 heterocycles. The topological polar surface area (TPSA) is 62.4 Å². The summed E-state index contributed by atoms with van der Waals surface area (Å²) in [6.07, 6.45) is 2.44. The molecule has 0 spiro atoms. The van der Waals surface area contributed by atoms with Crippen LogP contribution >= 0.6 is 0 Å². The molecule has 1 saturated heterocycles. The van der Waals surface area contributed by atoms with Gasteiger partial charge >= 0.3 is 0 Å². The lowest BCUT2D eigenvalue weighted by atomic mass is 10.0. The van der Waals surface area contributed by atoms with E-state index in [1.54, 1.807) is 6.07 Å². The Morgan fingerprint density at radius 2 is 2.23 bits per heavy atom. The maximum atomic E-state index is 13.4. The molecule has 116 valence electrons. The second-order valence-corrected chi connectivity index (χ2v) is 6.21. The molecule has 1 aromatic heterocycles. The first kappa shape index (κ1) is 13.8. The minimum Gasteiger partial charge on any atom is -0.392 e. The van der Waals surface area contributed by atoms with Gasteiger partial charge in [0.1, 0.15) is 5.82 Å². The van der Waals surface area contributed by atoms with Crippen LogP contribution in [-0.2, 0) is 6.54 Å². The lowest BCUT2D eigenvalue weighted by molar-refractivity contribution is 0.164. The van der Waals surface area contributed by atoms with Crippen LogP contribution in [0.3, 0.4) is 0 Å². The highest BCUT2D eigenvalue weighted by Gasteiger charge is 2.34. The highest BCUT2D eigenvalue weighted by atomic mass is 19.1. The molecule has 4 rings (SSSR count). The van der Waals surface area contributed by atoms with E-state index in [1.807, 2.05) is 6.07 Å². The van der Waals surface area contributed by atoms with Gasteiger partial charge in [-0.3, -0.25) is 4.90 Å². The Kier molecular flexibility index (Phi) is 3.43. The molecule has 1 aliphatic carbocycles. The minimum atomic E-state index is -0.418. The van der Waals surface area contributed by atoms with Crippen molar-refractivity contribution >= 4 is 0 Å². The zero-order valence-electron chi connectivity index (χ0n) is 12.2. The lowest BCUT2D eigenvalue weighted by Gasteiger charge is -2.22. The summed E-state index contributed by atoms with van der Waals surface area (Å²) in [7, 11) is 0. The van der Waals surface area contributed by atoms with E-state index in [2.05, 4.69) is 15.0 Å². The van der Waals surface area contributed by atoms with Crippen molar-refractivity contribution < 1.29 is 14.0 Å². The van der Waals surface area contributed by atoms with Crippen LogP contribution in [0.1, 0.15) is 48.5 Å². The van der Waals surface area contributed by atoms with Gasteiger partial charge in [-0.2, -0.15) is 4.98 Å². The van der Waals surface area contributed by atoms with Crippen molar-refractivity contribution in [3.8, 4) is 0 Å². The summed E-state index contributed by atoms with van der Waals surface area (Å²) < 4.78 is 18.8. The Morgan fingerprint density at radius 1 is 1.36 bits per heavy atom. The van der Waals surface area contributed by atoms with Crippen LogP contribution < -0.4 is 0 Å². The summed E-state index contributed by atoms with van der Waals surface area (Å²) in [5.41, 5.74) is 0.874. The second-order valence-electron chi connectivity index (χ2n) is 6.21. The fraction of sp³-hybridized carbons (Fsp3) is 0.500. The molecule has 6 heteroatoms. The fourth-order valence-corrected chi connectivity index (χ4v) is 3.13. The molecule has 0 radical (unpaired) electrons. The van der Waals surface area contributed by atoms with Gasteiger partial charge in [-0.25, -0.2) is 4.39 Å². The molecule has 0 unspecified atom stereocenters. The molecule has 22 heavy (non-hydrogen) atoms. The molecule has 1 N–H and O–H groups in total. The van der Waals surface area contributed by atoms with Gasteiger partial charge in [-0.1, -0.05) is 17.3 Å². The van der Waals surface area contributed by atoms with E-state index in [0.29, 0.717) is 31.3 Å². The Labute approximate surface area is 127 Å². The van der Waals surface area contributed by atoms with Crippen LogP contribution in [0.15, 0.2) is 28.8 Å². The largest absolute Gasteiger partial charge is 0.392 e. The van der Waals surface area contributed by atoms with E-state index in [0.717, 1.165) is 24.2 Å². The Hall–Kier alpha value is -1.79. The number of rotatable bonds is 4. The summed E-state index contributed by atoms with van der Waals surface area (Å²) in [6.45, 7) is 1.01. The molecular weight excluding hydrogens is 285 g/mol. The van der Waals surface area contributed by atoms with Gasteiger partial charge in [-0.05, 0) is 37.0 Å².